The Balaban J connectivity index is 1.92. The van der Waals surface area contributed by atoms with Crippen LogP contribution in [0.4, 0.5) is 15.8 Å². The number of methoxy groups -OCH3 is 1. The maximum absolute atomic E-state index is 14.5. The standard InChI is InChI=1S/C21H22FN3OS/c1-11-5-13-14(6-11)20-18(9-16(13)22)25-21(27-20)15-7-12(2)8-17(23-3)19(15)24-10-26-4/h7-9,11,24H,3,5-6,10H2,1-2,4H3/t11-/m1/s1. The number of halogens is 1. The monoisotopic (exact) mass is 383 g/mol. The number of fused-ring (bicyclic) bond motifs is 3. The third-order valence-electron chi connectivity index (χ3n) is 5.00. The van der Waals surface area contributed by atoms with Crippen molar-refractivity contribution in [2.24, 2.45) is 10.9 Å². The highest BCUT2D eigenvalue weighted by Crippen LogP contribution is 2.43. The average molecular weight is 383 g/mol. The molecule has 0 fully saturated rings. The van der Waals surface area contributed by atoms with Gasteiger partial charge in [-0.2, -0.15) is 0 Å². The van der Waals surface area contributed by atoms with Gasteiger partial charge in [-0.1, -0.05) is 6.92 Å². The Hall–Kier alpha value is -2.31. The molecule has 0 aliphatic heterocycles. The van der Waals surface area contributed by atoms with Gasteiger partial charge in [0, 0.05) is 18.7 Å². The van der Waals surface area contributed by atoms with Crippen molar-refractivity contribution < 1.29 is 9.13 Å². The number of aliphatic imine (C=N–C) groups is 1. The molecular weight excluding hydrogens is 361 g/mol. The molecule has 1 aromatic heterocycles. The first-order valence-electron chi connectivity index (χ1n) is 8.97. The van der Waals surface area contributed by atoms with Crippen molar-refractivity contribution in [3.05, 3.63) is 40.7 Å². The number of thiazole rings is 1. The van der Waals surface area contributed by atoms with Gasteiger partial charge in [0.2, 0.25) is 0 Å². The predicted octanol–water partition coefficient (Wildman–Crippen LogP) is 5.49. The summed E-state index contributed by atoms with van der Waals surface area (Å²) in [5, 5.41) is 4.11. The van der Waals surface area contributed by atoms with Crippen LogP contribution in [0.1, 0.15) is 23.6 Å². The molecule has 0 radical (unpaired) electrons. The summed E-state index contributed by atoms with van der Waals surface area (Å²) in [4.78, 5) is 8.92. The maximum Gasteiger partial charge on any atom is 0.128 e. The topological polar surface area (TPSA) is 46.5 Å². The molecule has 140 valence electrons. The van der Waals surface area contributed by atoms with Crippen molar-refractivity contribution in [2.45, 2.75) is 26.7 Å². The summed E-state index contributed by atoms with van der Waals surface area (Å²) in [6.45, 7) is 8.23. The van der Waals surface area contributed by atoms with E-state index in [-0.39, 0.29) is 5.82 Å². The molecule has 27 heavy (non-hydrogen) atoms. The van der Waals surface area contributed by atoms with E-state index in [2.05, 4.69) is 30.0 Å². The molecule has 0 amide bonds. The summed E-state index contributed by atoms with van der Waals surface area (Å²) in [7, 11) is 1.63. The average Bonchev–Trinajstić information content (AvgIpc) is 3.23. The molecule has 6 heteroatoms. The zero-order chi connectivity index (χ0) is 19.1. The van der Waals surface area contributed by atoms with Crippen LogP contribution in [0.3, 0.4) is 0 Å². The first-order valence-corrected chi connectivity index (χ1v) is 9.78. The quantitative estimate of drug-likeness (QED) is 0.468. The number of hydrogen-bond acceptors (Lipinski definition) is 5. The van der Waals surface area contributed by atoms with E-state index in [9.17, 15) is 4.39 Å². The number of aromatic nitrogens is 1. The SMILES string of the molecule is C=Nc1cc(C)cc(-c2nc3cc(F)c4c(c3s2)C[C@H](C)C4)c1NCOC. The second kappa shape index (κ2) is 7.02. The van der Waals surface area contributed by atoms with E-state index >= 15 is 0 Å². The minimum Gasteiger partial charge on any atom is -0.365 e. The predicted molar refractivity (Wildman–Crippen MR) is 111 cm³/mol. The minimum absolute atomic E-state index is 0.130. The molecule has 0 unspecified atom stereocenters. The Bertz CT molecular complexity index is 1040. The van der Waals surface area contributed by atoms with Crippen molar-refractivity contribution in [3.63, 3.8) is 0 Å². The van der Waals surface area contributed by atoms with Crippen LogP contribution in [0.15, 0.2) is 23.2 Å². The van der Waals surface area contributed by atoms with Gasteiger partial charge in [0.15, 0.2) is 0 Å². The number of aryl methyl sites for hydroxylation is 1. The molecule has 1 aliphatic rings. The highest BCUT2D eigenvalue weighted by Gasteiger charge is 2.26. The van der Waals surface area contributed by atoms with Gasteiger partial charge in [0.1, 0.15) is 17.6 Å². The Morgan fingerprint density at radius 3 is 2.85 bits per heavy atom. The molecule has 4 rings (SSSR count). The Morgan fingerprint density at radius 2 is 2.11 bits per heavy atom. The zero-order valence-electron chi connectivity index (χ0n) is 15.7. The number of anilines is 1. The van der Waals surface area contributed by atoms with Gasteiger partial charge in [-0.05, 0) is 61.2 Å². The number of nitrogens with zero attached hydrogens (tertiary/aromatic N) is 2. The molecule has 2 aromatic carbocycles. The second-order valence-corrected chi connectivity index (χ2v) is 8.17. The molecule has 0 saturated heterocycles. The fourth-order valence-corrected chi connectivity index (χ4v) is 4.99. The molecule has 1 heterocycles. The molecular formula is C21H22FN3OS. The Labute approximate surface area is 162 Å². The summed E-state index contributed by atoms with van der Waals surface area (Å²) in [5.74, 6) is 0.342. The molecule has 1 N–H and O–H groups in total. The second-order valence-electron chi connectivity index (χ2n) is 7.17. The van der Waals surface area contributed by atoms with Gasteiger partial charge in [-0.15, -0.1) is 11.3 Å². The van der Waals surface area contributed by atoms with Crippen LogP contribution in [-0.4, -0.2) is 25.5 Å². The summed E-state index contributed by atoms with van der Waals surface area (Å²) >= 11 is 1.62. The number of benzene rings is 2. The van der Waals surface area contributed by atoms with Crippen molar-refractivity contribution in [1.82, 2.24) is 4.98 Å². The molecule has 0 spiro atoms. The number of rotatable bonds is 5. The smallest absolute Gasteiger partial charge is 0.128 e. The summed E-state index contributed by atoms with van der Waals surface area (Å²) in [5.41, 5.74) is 6.32. The van der Waals surface area contributed by atoms with Crippen LogP contribution < -0.4 is 5.32 Å². The van der Waals surface area contributed by atoms with Crippen molar-refractivity contribution in [3.8, 4) is 10.6 Å². The number of hydrogen-bond donors (Lipinski definition) is 1. The number of ether oxygens (including phenoxy) is 1. The lowest BCUT2D eigenvalue weighted by Crippen LogP contribution is -2.05. The van der Waals surface area contributed by atoms with Crippen LogP contribution in [0.2, 0.25) is 0 Å². The van der Waals surface area contributed by atoms with Gasteiger partial charge in [-0.3, -0.25) is 4.99 Å². The van der Waals surface area contributed by atoms with E-state index in [0.29, 0.717) is 12.6 Å². The highest BCUT2D eigenvalue weighted by molar-refractivity contribution is 7.22. The molecule has 1 aliphatic carbocycles. The van der Waals surface area contributed by atoms with E-state index in [1.807, 2.05) is 13.0 Å². The zero-order valence-corrected chi connectivity index (χ0v) is 16.5. The normalized spacial score (nSPS) is 15.9. The van der Waals surface area contributed by atoms with Gasteiger partial charge in [0.25, 0.3) is 0 Å². The van der Waals surface area contributed by atoms with Gasteiger partial charge < -0.3 is 10.1 Å². The summed E-state index contributed by atoms with van der Waals surface area (Å²) in [6.07, 6.45) is 1.72. The largest absolute Gasteiger partial charge is 0.365 e. The maximum atomic E-state index is 14.5. The Morgan fingerprint density at radius 1 is 1.33 bits per heavy atom. The van der Waals surface area contributed by atoms with E-state index in [0.717, 1.165) is 61.7 Å². The van der Waals surface area contributed by atoms with Crippen LogP contribution >= 0.6 is 11.3 Å². The summed E-state index contributed by atoms with van der Waals surface area (Å²) < 4.78 is 20.8. The van der Waals surface area contributed by atoms with Crippen molar-refractivity contribution in [2.75, 3.05) is 19.2 Å². The van der Waals surface area contributed by atoms with E-state index in [1.54, 1.807) is 24.5 Å². The molecule has 4 nitrogen and oxygen atoms in total. The van der Waals surface area contributed by atoms with Crippen LogP contribution in [-0.2, 0) is 17.6 Å². The lowest BCUT2D eigenvalue weighted by Gasteiger charge is -2.13. The third kappa shape index (κ3) is 3.13. The lowest BCUT2D eigenvalue weighted by atomic mass is 10.1. The lowest BCUT2D eigenvalue weighted by molar-refractivity contribution is 0.221. The Kier molecular flexibility index (Phi) is 4.70. The third-order valence-corrected chi connectivity index (χ3v) is 6.17. The van der Waals surface area contributed by atoms with Crippen LogP contribution in [0.5, 0.6) is 0 Å². The molecule has 0 saturated carbocycles. The fourth-order valence-electron chi connectivity index (χ4n) is 3.85. The molecule has 0 bridgehead atoms. The summed E-state index contributed by atoms with van der Waals surface area (Å²) in [6, 6.07) is 5.63. The minimum atomic E-state index is -0.130. The highest BCUT2D eigenvalue weighted by atomic mass is 32.1. The molecule has 3 aromatic rings. The van der Waals surface area contributed by atoms with Gasteiger partial charge >= 0.3 is 0 Å². The van der Waals surface area contributed by atoms with Crippen LogP contribution in [0.25, 0.3) is 20.8 Å². The van der Waals surface area contributed by atoms with Gasteiger partial charge in [0.05, 0.1) is 21.6 Å². The first-order chi connectivity index (χ1) is 13.0. The first kappa shape index (κ1) is 18.1. The van der Waals surface area contributed by atoms with Crippen molar-refractivity contribution in [1.29, 1.82) is 0 Å². The van der Waals surface area contributed by atoms with Gasteiger partial charge in [-0.25, -0.2) is 9.37 Å². The molecule has 1 atom stereocenters. The van der Waals surface area contributed by atoms with E-state index in [1.165, 1.54) is 0 Å². The van der Waals surface area contributed by atoms with E-state index < -0.39 is 0 Å². The fraction of sp³-hybridized carbons (Fsp3) is 0.333. The van der Waals surface area contributed by atoms with Crippen LogP contribution in [0, 0.1) is 18.7 Å². The van der Waals surface area contributed by atoms with E-state index in [4.69, 9.17) is 9.72 Å². The number of nitrogens with one attached hydrogen (secondary N) is 1. The van der Waals surface area contributed by atoms with Crippen molar-refractivity contribution >= 4 is 39.6 Å².